The molecule has 0 aliphatic rings. The van der Waals surface area contributed by atoms with Crippen molar-refractivity contribution < 1.29 is 9.53 Å². The molecule has 8 heteroatoms. The van der Waals surface area contributed by atoms with Crippen molar-refractivity contribution in [2.75, 3.05) is 23.8 Å². The van der Waals surface area contributed by atoms with E-state index in [1.54, 1.807) is 16.7 Å². The van der Waals surface area contributed by atoms with E-state index >= 15 is 0 Å². The lowest BCUT2D eigenvalue weighted by atomic mass is 10.2. The molecule has 0 bridgehead atoms. The predicted molar refractivity (Wildman–Crippen MR) is 137 cm³/mol. The second kappa shape index (κ2) is 10.4. The van der Waals surface area contributed by atoms with Gasteiger partial charge < -0.3 is 4.74 Å². The Labute approximate surface area is 202 Å². The molecule has 2 heterocycles. The second-order valence-electron chi connectivity index (χ2n) is 7.83. The molecule has 0 fully saturated rings. The molecule has 4 rings (SSSR count). The van der Waals surface area contributed by atoms with Gasteiger partial charge in [0.1, 0.15) is 11.3 Å². The Morgan fingerprint density at radius 3 is 2.64 bits per heavy atom. The van der Waals surface area contributed by atoms with Gasteiger partial charge >= 0.3 is 0 Å². The molecule has 0 saturated carbocycles. The van der Waals surface area contributed by atoms with Crippen LogP contribution in [0.4, 0.5) is 5.13 Å². The number of carbonyl (C=O) groups excluding carboxylic acids is 1. The van der Waals surface area contributed by atoms with Gasteiger partial charge in [0.05, 0.1) is 29.3 Å². The maximum Gasteiger partial charge on any atom is 0.239 e. The van der Waals surface area contributed by atoms with E-state index in [-0.39, 0.29) is 5.91 Å². The first-order valence-electron chi connectivity index (χ1n) is 11.0. The van der Waals surface area contributed by atoms with Gasteiger partial charge in [-0.15, -0.1) is 11.8 Å². The third-order valence-electron chi connectivity index (χ3n) is 5.22. The van der Waals surface area contributed by atoms with Crippen LogP contribution in [-0.2, 0) is 11.3 Å². The molecule has 0 saturated heterocycles. The first-order chi connectivity index (χ1) is 15.9. The van der Waals surface area contributed by atoms with Crippen molar-refractivity contribution >= 4 is 44.4 Å². The lowest BCUT2D eigenvalue weighted by Crippen LogP contribution is -2.35. The van der Waals surface area contributed by atoms with Crippen LogP contribution in [-0.4, -0.2) is 39.6 Å². The molecule has 1 amide bonds. The number of amides is 1. The molecule has 0 spiro atoms. The standard InChI is InChI=1S/C25H28N4O2S2/c1-5-31-21-7-6-8-22-24(21)26-25(33-22)28(13-14-29-19(4)15-18(3)27-29)23(30)16-32-20-11-9-17(2)10-12-20/h6-12,15H,5,13-14,16H2,1-4H3. The quantitative estimate of drug-likeness (QED) is 0.290. The molecule has 0 unspecified atom stereocenters. The molecule has 0 aliphatic carbocycles. The molecule has 4 aromatic rings. The van der Waals surface area contributed by atoms with E-state index in [1.165, 1.54) is 16.9 Å². The first-order valence-corrected chi connectivity index (χ1v) is 12.8. The molecule has 172 valence electrons. The fourth-order valence-corrected chi connectivity index (χ4v) is 5.38. The number of para-hydroxylation sites is 1. The summed E-state index contributed by atoms with van der Waals surface area (Å²) in [5.74, 6) is 1.12. The van der Waals surface area contributed by atoms with Gasteiger partial charge in [-0.1, -0.05) is 35.1 Å². The summed E-state index contributed by atoms with van der Waals surface area (Å²) in [4.78, 5) is 21.1. The second-order valence-corrected chi connectivity index (χ2v) is 9.89. The highest BCUT2D eigenvalue weighted by Gasteiger charge is 2.21. The van der Waals surface area contributed by atoms with Gasteiger partial charge in [-0.25, -0.2) is 4.98 Å². The number of thioether (sulfide) groups is 1. The Morgan fingerprint density at radius 2 is 1.94 bits per heavy atom. The fraction of sp³-hybridized carbons (Fsp3) is 0.320. The van der Waals surface area contributed by atoms with Crippen LogP contribution in [0, 0.1) is 20.8 Å². The van der Waals surface area contributed by atoms with Crippen LogP contribution in [0.5, 0.6) is 5.75 Å². The Kier molecular flexibility index (Phi) is 7.35. The number of ether oxygens (including phenoxy) is 1. The van der Waals surface area contributed by atoms with E-state index in [9.17, 15) is 4.79 Å². The van der Waals surface area contributed by atoms with Crippen LogP contribution >= 0.6 is 23.1 Å². The number of aromatic nitrogens is 3. The molecule has 2 aromatic carbocycles. The van der Waals surface area contributed by atoms with E-state index < -0.39 is 0 Å². The number of hydrogen-bond donors (Lipinski definition) is 0. The van der Waals surface area contributed by atoms with Crippen molar-refractivity contribution in [3.05, 3.63) is 65.5 Å². The lowest BCUT2D eigenvalue weighted by molar-refractivity contribution is -0.116. The van der Waals surface area contributed by atoms with Crippen LogP contribution in [0.3, 0.4) is 0 Å². The zero-order valence-electron chi connectivity index (χ0n) is 19.4. The summed E-state index contributed by atoms with van der Waals surface area (Å²) in [6.45, 7) is 9.70. The third kappa shape index (κ3) is 5.57. The number of nitrogens with zero attached hydrogens (tertiary/aromatic N) is 4. The highest BCUT2D eigenvalue weighted by atomic mass is 32.2. The molecule has 0 atom stereocenters. The van der Waals surface area contributed by atoms with Crippen molar-refractivity contribution in [1.29, 1.82) is 0 Å². The van der Waals surface area contributed by atoms with E-state index in [1.807, 2.05) is 49.7 Å². The van der Waals surface area contributed by atoms with Crippen molar-refractivity contribution in [2.45, 2.75) is 39.1 Å². The molecule has 33 heavy (non-hydrogen) atoms. The minimum absolute atomic E-state index is 0.0270. The highest BCUT2D eigenvalue weighted by Crippen LogP contribution is 2.34. The largest absolute Gasteiger partial charge is 0.492 e. The lowest BCUT2D eigenvalue weighted by Gasteiger charge is -2.20. The topological polar surface area (TPSA) is 60.2 Å². The average molecular weight is 481 g/mol. The van der Waals surface area contributed by atoms with E-state index in [0.717, 1.165) is 32.2 Å². The van der Waals surface area contributed by atoms with Crippen molar-refractivity contribution in [2.24, 2.45) is 0 Å². The number of carbonyl (C=O) groups is 1. The van der Waals surface area contributed by atoms with Gasteiger partial charge in [0.15, 0.2) is 5.13 Å². The Morgan fingerprint density at radius 1 is 1.15 bits per heavy atom. The number of benzene rings is 2. The zero-order valence-corrected chi connectivity index (χ0v) is 21.0. The van der Waals surface area contributed by atoms with Crippen LogP contribution in [0.2, 0.25) is 0 Å². The monoisotopic (exact) mass is 480 g/mol. The SMILES string of the molecule is CCOc1cccc2sc(N(CCn3nc(C)cc3C)C(=O)CSc3ccc(C)cc3)nc12. The molecule has 2 aromatic heterocycles. The molecule has 0 aliphatic heterocycles. The van der Waals surface area contributed by atoms with Crippen molar-refractivity contribution in [3.8, 4) is 5.75 Å². The summed E-state index contributed by atoms with van der Waals surface area (Å²) in [5.41, 5.74) is 4.06. The molecule has 0 radical (unpaired) electrons. The number of hydrogen-bond acceptors (Lipinski definition) is 6. The van der Waals surface area contributed by atoms with Gasteiger partial charge in [-0.3, -0.25) is 14.4 Å². The van der Waals surface area contributed by atoms with Crippen LogP contribution in [0.15, 0.2) is 53.4 Å². The number of fused-ring (bicyclic) bond motifs is 1. The summed E-state index contributed by atoms with van der Waals surface area (Å²) in [6, 6.07) is 16.2. The molecular weight excluding hydrogens is 452 g/mol. The molecular formula is C25H28N4O2S2. The van der Waals surface area contributed by atoms with Gasteiger partial charge in [-0.2, -0.15) is 5.10 Å². The van der Waals surface area contributed by atoms with Gasteiger partial charge in [0.2, 0.25) is 5.91 Å². The molecule has 0 N–H and O–H groups in total. The van der Waals surface area contributed by atoms with Gasteiger partial charge in [-0.05, 0) is 58.0 Å². The maximum atomic E-state index is 13.4. The van der Waals surface area contributed by atoms with E-state index in [2.05, 4.69) is 36.3 Å². The van der Waals surface area contributed by atoms with E-state index in [0.29, 0.717) is 30.6 Å². The number of rotatable bonds is 9. The van der Waals surface area contributed by atoms with Gasteiger partial charge in [0.25, 0.3) is 0 Å². The highest BCUT2D eigenvalue weighted by molar-refractivity contribution is 8.00. The van der Waals surface area contributed by atoms with Gasteiger partial charge in [0, 0.05) is 17.1 Å². The summed E-state index contributed by atoms with van der Waals surface area (Å²) < 4.78 is 8.71. The van der Waals surface area contributed by atoms with Crippen LogP contribution in [0.25, 0.3) is 10.2 Å². The Bertz CT molecular complexity index is 1250. The first kappa shape index (κ1) is 23.3. The summed E-state index contributed by atoms with van der Waals surface area (Å²) in [6.07, 6.45) is 0. The minimum atomic E-state index is 0.0270. The predicted octanol–water partition coefficient (Wildman–Crippen LogP) is 5.64. The maximum absolute atomic E-state index is 13.4. The number of anilines is 1. The third-order valence-corrected chi connectivity index (χ3v) is 7.26. The van der Waals surface area contributed by atoms with Crippen molar-refractivity contribution in [3.63, 3.8) is 0 Å². The normalized spacial score (nSPS) is 11.2. The Balaban J connectivity index is 1.59. The Hall–Kier alpha value is -2.84. The fourth-order valence-electron chi connectivity index (χ4n) is 3.58. The van der Waals surface area contributed by atoms with Crippen LogP contribution in [0.1, 0.15) is 23.9 Å². The smallest absolute Gasteiger partial charge is 0.239 e. The summed E-state index contributed by atoms with van der Waals surface area (Å²) in [5, 5.41) is 5.24. The van der Waals surface area contributed by atoms with E-state index in [4.69, 9.17) is 9.72 Å². The zero-order chi connectivity index (χ0) is 23.4. The van der Waals surface area contributed by atoms with Crippen molar-refractivity contribution in [1.82, 2.24) is 14.8 Å². The molecule has 6 nitrogen and oxygen atoms in total. The average Bonchev–Trinajstić information content (AvgIpc) is 3.36. The summed E-state index contributed by atoms with van der Waals surface area (Å²) >= 11 is 3.06. The van der Waals surface area contributed by atoms with Crippen LogP contribution < -0.4 is 9.64 Å². The minimum Gasteiger partial charge on any atom is -0.492 e. The summed E-state index contributed by atoms with van der Waals surface area (Å²) in [7, 11) is 0. The number of thiazole rings is 1. The number of aryl methyl sites for hydroxylation is 3.